The third-order valence-corrected chi connectivity index (χ3v) is 3.85. The summed E-state index contributed by atoms with van der Waals surface area (Å²) in [6.07, 6.45) is 0.811. The molecule has 0 saturated carbocycles. The van der Waals surface area contributed by atoms with Crippen molar-refractivity contribution in [2.75, 3.05) is 0 Å². The van der Waals surface area contributed by atoms with Crippen LogP contribution in [0.15, 0.2) is 54.6 Å². The summed E-state index contributed by atoms with van der Waals surface area (Å²) in [6, 6.07) is 17.9. The molecule has 0 radical (unpaired) electrons. The van der Waals surface area contributed by atoms with Gasteiger partial charge in [-0.05, 0) is 34.9 Å². The highest BCUT2D eigenvalue weighted by atomic mass is 35.5. The zero-order valence-corrected chi connectivity index (χ0v) is 11.8. The average Bonchev–Trinajstić information content (AvgIpc) is 2.48. The molecule has 3 rings (SSSR count). The molecule has 0 amide bonds. The smallest absolute Gasteiger partial charge is 0.150 e. The lowest BCUT2D eigenvalue weighted by molar-refractivity contribution is 0.112. The van der Waals surface area contributed by atoms with Crippen molar-refractivity contribution in [1.29, 1.82) is 0 Å². The van der Waals surface area contributed by atoms with Crippen molar-refractivity contribution in [1.82, 2.24) is 0 Å². The Morgan fingerprint density at radius 3 is 2.55 bits per heavy atom. The molecule has 0 unspecified atom stereocenters. The third-order valence-electron chi connectivity index (χ3n) is 3.54. The van der Waals surface area contributed by atoms with E-state index < -0.39 is 0 Å². The van der Waals surface area contributed by atoms with Crippen molar-refractivity contribution in [3.63, 3.8) is 0 Å². The summed E-state index contributed by atoms with van der Waals surface area (Å²) in [5.74, 6) is 0. The SMILES string of the molecule is Cc1ccc2ccccc2c1-c1ccc(C=O)cc1Cl. The number of benzene rings is 3. The second kappa shape index (κ2) is 5.10. The first-order valence-electron chi connectivity index (χ1n) is 6.44. The molecule has 0 aliphatic rings. The Morgan fingerprint density at radius 1 is 1.00 bits per heavy atom. The summed E-state index contributed by atoms with van der Waals surface area (Å²) in [5.41, 5.74) is 3.86. The van der Waals surface area contributed by atoms with Crippen LogP contribution in [0, 0.1) is 6.92 Å². The average molecular weight is 281 g/mol. The highest BCUT2D eigenvalue weighted by Gasteiger charge is 2.11. The summed E-state index contributed by atoms with van der Waals surface area (Å²) < 4.78 is 0. The van der Waals surface area contributed by atoms with E-state index in [1.807, 2.05) is 18.2 Å². The second-order valence-corrected chi connectivity index (χ2v) is 5.24. The van der Waals surface area contributed by atoms with Gasteiger partial charge in [-0.15, -0.1) is 0 Å². The first-order chi connectivity index (χ1) is 9.70. The molecule has 0 spiro atoms. The Balaban J connectivity index is 2.34. The summed E-state index contributed by atoms with van der Waals surface area (Å²) in [5, 5.41) is 2.96. The molecule has 0 aliphatic heterocycles. The highest BCUT2D eigenvalue weighted by Crippen LogP contribution is 2.36. The lowest BCUT2D eigenvalue weighted by atomic mass is 9.93. The number of fused-ring (bicyclic) bond motifs is 1. The number of hydrogen-bond donors (Lipinski definition) is 0. The predicted octanol–water partition coefficient (Wildman–Crippen LogP) is 5.28. The van der Waals surface area contributed by atoms with Gasteiger partial charge in [-0.25, -0.2) is 0 Å². The number of hydrogen-bond acceptors (Lipinski definition) is 1. The van der Waals surface area contributed by atoms with Gasteiger partial charge in [0.1, 0.15) is 6.29 Å². The van der Waals surface area contributed by atoms with Crippen molar-refractivity contribution in [3.05, 3.63) is 70.7 Å². The quantitative estimate of drug-likeness (QED) is 0.584. The first-order valence-corrected chi connectivity index (χ1v) is 6.82. The highest BCUT2D eigenvalue weighted by molar-refractivity contribution is 6.34. The van der Waals surface area contributed by atoms with E-state index in [-0.39, 0.29) is 0 Å². The van der Waals surface area contributed by atoms with E-state index >= 15 is 0 Å². The van der Waals surface area contributed by atoms with Crippen molar-refractivity contribution in [2.45, 2.75) is 6.92 Å². The zero-order valence-electron chi connectivity index (χ0n) is 11.1. The topological polar surface area (TPSA) is 17.1 Å². The van der Waals surface area contributed by atoms with Gasteiger partial charge in [0, 0.05) is 16.1 Å². The molecule has 0 aliphatic carbocycles. The lowest BCUT2D eigenvalue weighted by Gasteiger charge is -2.12. The van der Waals surface area contributed by atoms with Gasteiger partial charge in [0.2, 0.25) is 0 Å². The first kappa shape index (κ1) is 12.9. The maximum atomic E-state index is 10.8. The van der Waals surface area contributed by atoms with Crippen molar-refractivity contribution >= 4 is 28.7 Å². The van der Waals surface area contributed by atoms with Gasteiger partial charge in [-0.3, -0.25) is 4.79 Å². The van der Waals surface area contributed by atoms with E-state index in [1.165, 1.54) is 16.3 Å². The summed E-state index contributed by atoms with van der Waals surface area (Å²) in [7, 11) is 0. The van der Waals surface area contributed by atoms with Crippen LogP contribution in [0.2, 0.25) is 5.02 Å². The minimum absolute atomic E-state index is 0.594. The van der Waals surface area contributed by atoms with Gasteiger partial charge in [-0.2, -0.15) is 0 Å². The fraction of sp³-hybridized carbons (Fsp3) is 0.0556. The summed E-state index contributed by atoms with van der Waals surface area (Å²) in [4.78, 5) is 10.8. The van der Waals surface area contributed by atoms with Crippen molar-refractivity contribution < 1.29 is 4.79 Å². The Hall–Kier alpha value is -2.12. The minimum Gasteiger partial charge on any atom is -0.298 e. The van der Waals surface area contributed by atoms with E-state index in [0.29, 0.717) is 10.6 Å². The fourth-order valence-corrected chi connectivity index (χ4v) is 2.83. The minimum atomic E-state index is 0.594. The van der Waals surface area contributed by atoms with E-state index in [2.05, 4.69) is 31.2 Å². The van der Waals surface area contributed by atoms with Crippen LogP contribution in [0.25, 0.3) is 21.9 Å². The molecule has 0 aromatic heterocycles. The Bertz CT molecular complexity index is 806. The van der Waals surface area contributed by atoms with Crippen LogP contribution in [0.3, 0.4) is 0 Å². The van der Waals surface area contributed by atoms with E-state index in [9.17, 15) is 4.79 Å². The maximum Gasteiger partial charge on any atom is 0.150 e. The molecule has 98 valence electrons. The van der Waals surface area contributed by atoms with E-state index in [1.54, 1.807) is 12.1 Å². The molecule has 0 heterocycles. The number of carbonyl (C=O) groups is 1. The third kappa shape index (κ3) is 2.10. The Kier molecular flexibility index (Phi) is 3.29. The number of halogens is 1. The normalized spacial score (nSPS) is 10.7. The van der Waals surface area contributed by atoms with Gasteiger partial charge in [0.15, 0.2) is 0 Å². The van der Waals surface area contributed by atoms with Crippen molar-refractivity contribution in [3.8, 4) is 11.1 Å². The number of aldehydes is 1. The molecular weight excluding hydrogens is 268 g/mol. The molecule has 2 heteroatoms. The van der Waals surface area contributed by atoms with Gasteiger partial charge in [0.25, 0.3) is 0 Å². The summed E-state index contributed by atoms with van der Waals surface area (Å²) in [6.45, 7) is 2.08. The van der Waals surface area contributed by atoms with Crippen LogP contribution in [0.4, 0.5) is 0 Å². The van der Waals surface area contributed by atoms with Crippen LogP contribution in [0.5, 0.6) is 0 Å². The van der Waals surface area contributed by atoms with Gasteiger partial charge < -0.3 is 0 Å². The molecule has 0 bridgehead atoms. The van der Waals surface area contributed by atoms with E-state index in [4.69, 9.17) is 11.6 Å². The van der Waals surface area contributed by atoms with Crippen LogP contribution in [-0.4, -0.2) is 6.29 Å². The van der Waals surface area contributed by atoms with Crippen LogP contribution >= 0.6 is 11.6 Å². The molecule has 0 atom stereocenters. The van der Waals surface area contributed by atoms with Crippen LogP contribution in [0.1, 0.15) is 15.9 Å². The van der Waals surface area contributed by atoms with Crippen LogP contribution in [-0.2, 0) is 0 Å². The molecule has 0 fully saturated rings. The molecule has 20 heavy (non-hydrogen) atoms. The number of carbonyl (C=O) groups excluding carboxylic acids is 1. The largest absolute Gasteiger partial charge is 0.298 e. The van der Waals surface area contributed by atoms with Crippen LogP contribution < -0.4 is 0 Å². The van der Waals surface area contributed by atoms with Gasteiger partial charge >= 0.3 is 0 Å². The van der Waals surface area contributed by atoms with Crippen molar-refractivity contribution in [2.24, 2.45) is 0 Å². The second-order valence-electron chi connectivity index (χ2n) is 4.84. The maximum absolute atomic E-state index is 10.8. The number of rotatable bonds is 2. The predicted molar refractivity (Wildman–Crippen MR) is 84.5 cm³/mol. The van der Waals surface area contributed by atoms with E-state index in [0.717, 1.165) is 17.4 Å². The van der Waals surface area contributed by atoms with Gasteiger partial charge in [-0.1, -0.05) is 60.1 Å². The molecule has 3 aromatic carbocycles. The number of aryl methyl sites for hydroxylation is 1. The Labute approximate surface area is 122 Å². The standard InChI is InChI=1S/C18H13ClO/c1-12-6-8-14-4-2-3-5-15(14)18(12)16-9-7-13(11-20)10-17(16)19/h2-11H,1H3. The molecule has 0 N–H and O–H groups in total. The lowest BCUT2D eigenvalue weighted by Crippen LogP contribution is -1.89. The zero-order chi connectivity index (χ0) is 14.1. The Morgan fingerprint density at radius 2 is 1.80 bits per heavy atom. The van der Waals surface area contributed by atoms with Gasteiger partial charge in [0.05, 0.1) is 0 Å². The summed E-state index contributed by atoms with van der Waals surface area (Å²) >= 11 is 6.36. The molecule has 0 saturated heterocycles. The molecule has 1 nitrogen and oxygen atoms in total. The molecular formula is C18H13ClO. The molecule has 3 aromatic rings. The fourth-order valence-electron chi connectivity index (χ4n) is 2.55. The monoisotopic (exact) mass is 280 g/mol.